The molecule has 0 bridgehead atoms. The predicted molar refractivity (Wildman–Crippen MR) is 123 cm³/mol. The van der Waals surface area contributed by atoms with Gasteiger partial charge in [0.1, 0.15) is 6.10 Å². The number of aliphatic hydroxyl groups is 4. The van der Waals surface area contributed by atoms with E-state index in [0.717, 1.165) is 43.9 Å². The van der Waals surface area contributed by atoms with Crippen LogP contribution in [0.2, 0.25) is 0 Å². The fourth-order valence-electron chi connectivity index (χ4n) is 9.32. The van der Waals surface area contributed by atoms with Crippen molar-refractivity contribution in [2.24, 2.45) is 40.4 Å². The highest BCUT2D eigenvalue weighted by Gasteiger charge is 2.67. The molecule has 4 saturated carbocycles. The summed E-state index contributed by atoms with van der Waals surface area (Å²) in [6.07, 6.45) is 9.41. The van der Waals surface area contributed by atoms with Crippen LogP contribution in [0.25, 0.3) is 0 Å². The zero-order valence-electron chi connectivity index (χ0n) is 20.6. The van der Waals surface area contributed by atoms with Gasteiger partial charge in [-0.1, -0.05) is 33.6 Å². The van der Waals surface area contributed by atoms with Gasteiger partial charge in [-0.05, 0) is 107 Å². The quantitative estimate of drug-likeness (QED) is 0.505. The molecular weight excluding hydrogens is 388 g/mol. The highest BCUT2D eigenvalue weighted by Crippen LogP contribution is 2.69. The van der Waals surface area contributed by atoms with Crippen LogP contribution in [0.15, 0.2) is 0 Å². The van der Waals surface area contributed by atoms with Gasteiger partial charge in [0.15, 0.2) is 0 Å². The number of aliphatic hydroxyl groups excluding tert-OH is 2. The van der Waals surface area contributed by atoms with Crippen molar-refractivity contribution < 1.29 is 20.4 Å². The Labute approximate surface area is 189 Å². The molecule has 31 heavy (non-hydrogen) atoms. The Bertz CT molecular complexity index is 658. The topological polar surface area (TPSA) is 80.9 Å². The van der Waals surface area contributed by atoms with Gasteiger partial charge in [0, 0.05) is 5.41 Å². The lowest BCUT2D eigenvalue weighted by Gasteiger charge is -2.65. The molecule has 0 aliphatic heterocycles. The monoisotopic (exact) mass is 436 g/mol. The summed E-state index contributed by atoms with van der Waals surface area (Å²) in [7, 11) is 0. The Kier molecular flexibility index (Phi) is 6.16. The predicted octanol–water partition coefficient (Wildman–Crippen LogP) is 4.67. The second kappa shape index (κ2) is 7.96. The van der Waals surface area contributed by atoms with Crippen LogP contribution < -0.4 is 0 Å². The molecule has 0 radical (unpaired) electrons. The van der Waals surface area contributed by atoms with E-state index in [9.17, 15) is 20.4 Å². The van der Waals surface area contributed by atoms with E-state index in [-0.39, 0.29) is 5.41 Å². The molecule has 4 fully saturated rings. The van der Waals surface area contributed by atoms with Crippen LogP contribution in [0.4, 0.5) is 0 Å². The van der Waals surface area contributed by atoms with Gasteiger partial charge < -0.3 is 20.4 Å². The average molecular weight is 437 g/mol. The highest BCUT2D eigenvalue weighted by molar-refractivity contribution is 5.17. The van der Waals surface area contributed by atoms with E-state index in [0.29, 0.717) is 36.0 Å². The molecule has 4 rings (SSSR count). The Morgan fingerprint density at radius 2 is 1.65 bits per heavy atom. The van der Waals surface area contributed by atoms with E-state index in [2.05, 4.69) is 20.8 Å². The summed E-state index contributed by atoms with van der Waals surface area (Å²) in [6, 6.07) is 0. The van der Waals surface area contributed by atoms with Crippen molar-refractivity contribution in [2.75, 3.05) is 0 Å². The van der Waals surface area contributed by atoms with Crippen LogP contribution in [0.3, 0.4) is 0 Å². The molecule has 0 aromatic heterocycles. The fourth-order valence-corrected chi connectivity index (χ4v) is 9.32. The fraction of sp³-hybridized carbons (Fsp3) is 1.00. The van der Waals surface area contributed by atoms with E-state index in [1.165, 1.54) is 25.7 Å². The van der Waals surface area contributed by atoms with Gasteiger partial charge in [0.2, 0.25) is 0 Å². The Hall–Kier alpha value is -0.160. The zero-order valence-corrected chi connectivity index (χ0v) is 20.6. The van der Waals surface area contributed by atoms with Crippen LogP contribution in [-0.4, -0.2) is 43.8 Å². The Morgan fingerprint density at radius 1 is 0.935 bits per heavy atom. The largest absolute Gasteiger partial charge is 0.390 e. The SMILES string of the molecule is C[C@H](CCCC(C)(C)O)[C@H]1CC[C@H]2[C@@H]3CC[C@]4(O)[C@H](O)[C@@H](O)CC[C@]4(C)[C@H]3CC[C@]12C. The molecule has 10 atom stereocenters. The van der Waals surface area contributed by atoms with Crippen LogP contribution >= 0.6 is 0 Å². The third kappa shape index (κ3) is 3.72. The maximum absolute atomic E-state index is 11.6. The van der Waals surface area contributed by atoms with Crippen molar-refractivity contribution in [3.63, 3.8) is 0 Å². The van der Waals surface area contributed by atoms with E-state index >= 15 is 0 Å². The Balaban J connectivity index is 1.49. The first-order valence-corrected chi connectivity index (χ1v) is 13.1. The van der Waals surface area contributed by atoms with E-state index in [4.69, 9.17) is 0 Å². The minimum Gasteiger partial charge on any atom is -0.390 e. The van der Waals surface area contributed by atoms with Crippen LogP contribution in [0.1, 0.15) is 105 Å². The molecule has 0 unspecified atom stereocenters. The second-order valence-electron chi connectivity index (χ2n) is 13.2. The molecule has 4 aliphatic rings. The van der Waals surface area contributed by atoms with Gasteiger partial charge in [-0.3, -0.25) is 0 Å². The number of fused-ring (bicyclic) bond motifs is 5. The lowest BCUT2D eigenvalue weighted by atomic mass is 9.42. The van der Waals surface area contributed by atoms with Gasteiger partial charge in [0.25, 0.3) is 0 Å². The molecule has 180 valence electrons. The molecule has 4 heteroatoms. The molecule has 0 amide bonds. The van der Waals surface area contributed by atoms with E-state index in [1.54, 1.807) is 0 Å². The van der Waals surface area contributed by atoms with Crippen molar-refractivity contribution in [3.05, 3.63) is 0 Å². The maximum atomic E-state index is 11.6. The second-order valence-corrected chi connectivity index (χ2v) is 13.2. The van der Waals surface area contributed by atoms with Crippen molar-refractivity contribution >= 4 is 0 Å². The minimum atomic E-state index is -1.14. The molecule has 0 aromatic carbocycles. The van der Waals surface area contributed by atoms with Gasteiger partial charge in [0.05, 0.1) is 17.3 Å². The summed E-state index contributed by atoms with van der Waals surface area (Å²) >= 11 is 0. The third-order valence-electron chi connectivity index (χ3n) is 11.1. The number of hydrogen-bond acceptors (Lipinski definition) is 4. The molecule has 4 nitrogen and oxygen atoms in total. The first-order chi connectivity index (χ1) is 14.3. The normalized spacial score (nSPS) is 51.0. The lowest BCUT2D eigenvalue weighted by molar-refractivity contribution is -0.267. The third-order valence-corrected chi connectivity index (χ3v) is 11.1. The molecule has 4 aliphatic carbocycles. The van der Waals surface area contributed by atoms with Crippen molar-refractivity contribution in [1.82, 2.24) is 0 Å². The summed E-state index contributed by atoms with van der Waals surface area (Å²) < 4.78 is 0. The summed E-state index contributed by atoms with van der Waals surface area (Å²) in [5.74, 6) is 3.26. The maximum Gasteiger partial charge on any atom is 0.109 e. The van der Waals surface area contributed by atoms with E-state index < -0.39 is 23.4 Å². The average Bonchev–Trinajstić information content (AvgIpc) is 3.03. The highest BCUT2D eigenvalue weighted by atomic mass is 16.4. The molecule has 0 spiro atoms. The molecule has 0 saturated heterocycles. The van der Waals surface area contributed by atoms with Crippen LogP contribution in [-0.2, 0) is 0 Å². The van der Waals surface area contributed by atoms with Crippen molar-refractivity contribution in [3.8, 4) is 0 Å². The summed E-state index contributed by atoms with van der Waals surface area (Å²) in [5.41, 5.74) is -1.60. The smallest absolute Gasteiger partial charge is 0.109 e. The number of rotatable bonds is 5. The molecule has 0 aromatic rings. The van der Waals surface area contributed by atoms with Gasteiger partial charge in [-0.15, -0.1) is 0 Å². The first-order valence-electron chi connectivity index (χ1n) is 13.1. The van der Waals surface area contributed by atoms with Gasteiger partial charge in [-0.2, -0.15) is 0 Å². The summed E-state index contributed by atoms with van der Waals surface area (Å²) in [5, 5.41) is 42.7. The van der Waals surface area contributed by atoms with Crippen LogP contribution in [0.5, 0.6) is 0 Å². The number of hydrogen-bond donors (Lipinski definition) is 4. The standard InChI is InChI=1S/C27H48O4/c1-17(7-6-13-24(2,3)30)19-8-9-20-18-10-16-27(31)23(29)22(28)12-15-26(27,5)21(18)11-14-25(19,20)4/h17-23,28-31H,6-16H2,1-5H3/t17-,18+,19-,20+,21+,22+,23-,25-,26-,27+/m1/s1. The van der Waals surface area contributed by atoms with Crippen molar-refractivity contribution in [1.29, 1.82) is 0 Å². The molecule has 4 N–H and O–H groups in total. The van der Waals surface area contributed by atoms with Crippen LogP contribution in [0, 0.1) is 40.4 Å². The van der Waals surface area contributed by atoms with Gasteiger partial charge >= 0.3 is 0 Å². The summed E-state index contributed by atoms with van der Waals surface area (Å²) in [4.78, 5) is 0. The Morgan fingerprint density at radius 3 is 2.32 bits per heavy atom. The lowest BCUT2D eigenvalue weighted by Crippen LogP contribution is -2.69. The first kappa shape index (κ1) is 24.0. The molecular formula is C27H48O4. The molecule has 0 heterocycles. The van der Waals surface area contributed by atoms with Gasteiger partial charge in [-0.25, -0.2) is 0 Å². The zero-order chi connectivity index (χ0) is 22.8. The van der Waals surface area contributed by atoms with E-state index in [1.807, 2.05) is 13.8 Å². The minimum absolute atomic E-state index is 0.285. The summed E-state index contributed by atoms with van der Waals surface area (Å²) in [6.45, 7) is 11.0. The van der Waals surface area contributed by atoms with Crippen molar-refractivity contribution in [2.45, 2.75) is 129 Å².